The van der Waals surface area contributed by atoms with Gasteiger partial charge in [-0.15, -0.1) is 0 Å². The summed E-state index contributed by atoms with van der Waals surface area (Å²) in [7, 11) is 0. The van der Waals surface area contributed by atoms with Crippen molar-refractivity contribution in [1.29, 1.82) is 0 Å². The number of rotatable bonds is 5. The molecule has 0 aliphatic heterocycles. The normalized spacial score (nSPS) is 14.6. The van der Waals surface area contributed by atoms with Crippen molar-refractivity contribution in [1.82, 2.24) is 4.98 Å². The lowest BCUT2D eigenvalue weighted by Gasteiger charge is -2.18. The van der Waals surface area contributed by atoms with E-state index in [1.54, 1.807) is 6.20 Å². The number of nitrogens with one attached hydrogen (secondary N) is 1. The zero-order chi connectivity index (χ0) is 12.1. The van der Waals surface area contributed by atoms with Gasteiger partial charge in [-0.05, 0) is 41.3 Å². The smallest absolute Gasteiger partial charge is 0.140 e. The molecule has 0 radical (unpaired) electrons. The molecular weight excluding hydrogens is 288 g/mol. The highest BCUT2D eigenvalue weighted by Gasteiger charge is 2.09. The Kier molecular flexibility index (Phi) is 5.56. The average Bonchev–Trinajstić information content (AvgIpc) is 2.22. The van der Waals surface area contributed by atoms with Crippen LogP contribution in [-0.4, -0.2) is 11.0 Å². The van der Waals surface area contributed by atoms with Crippen molar-refractivity contribution in [3.8, 4) is 0 Å². The van der Waals surface area contributed by atoms with Crippen LogP contribution in [0.3, 0.4) is 0 Å². The summed E-state index contributed by atoms with van der Waals surface area (Å²) in [5.41, 5.74) is 0. The quantitative estimate of drug-likeness (QED) is 0.850. The third-order valence-corrected chi connectivity index (χ3v) is 3.45. The largest absolute Gasteiger partial charge is 0.367 e. The van der Waals surface area contributed by atoms with E-state index in [4.69, 9.17) is 11.6 Å². The third kappa shape index (κ3) is 4.30. The van der Waals surface area contributed by atoms with E-state index in [0.29, 0.717) is 11.1 Å². The highest BCUT2D eigenvalue weighted by atomic mass is 79.9. The number of halogens is 2. The summed E-state index contributed by atoms with van der Waals surface area (Å²) in [4.78, 5) is 4.26. The van der Waals surface area contributed by atoms with Crippen LogP contribution in [0.5, 0.6) is 0 Å². The van der Waals surface area contributed by atoms with Gasteiger partial charge in [-0.1, -0.05) is 31.9 Å². The standard InChI is InChI=1S/C12H18BrClN2/c1-4-8(2)5-9(3)16-12-11(13)6-10(14)7-15-12/h6-9H,4-5H2,1-3H3,(H,15,16). The maximum Gasteiger partial charge on any atom is 0.140 e. The van der Waals surface area contributed by atoms with Crippen molar-refractivity contribution in [3.05, 3.63) is 21.8 Å². The van der Waals surface area contributed by atoms with Gasteiger partial charge in [0.25, 0.3) is 0 Å². The molecule has 4 heteroatoms. The summed E-state index contributed by atoms with van der Waals surface area (Å²) < 4.78 is 0.913. The molecule has 0 saturated heterocycles. The molecule has 0 amide bonds. The van der Waals surface area contributed by atoms with Gasteiger partial charge >= 0.3 is 0 Å². The van der Waals surface area contributed by atoms with E-state index in [2.05, 4.69) is 47.0 Å². The predicted molar refractivity (Wildman–Crippen MR) is 74.1 cm³/mol. The SMILES string of the molecule is CCC(C)CC(C)Nc1ncc(Cl)cc1Br. The van der Waals surface area contributed by atoms with Gasteiger partial charge in [0.15, 0.2) is 0 Å². The first-order valence-corrected chi connectivity index (χ1v) is 6.77. The molecule has 2 atom stereocenters. The molecule has 0 spiro atoms. The third-order valence-electron chi connectivity index (χ3n) is 2.64. The van der Waals surface area contributed by atoms with Crippen LogP contribution in [-0.2, 0) is 0 Å². The monoisotopic (exact) mass is 304 g/mol. The van der Waals surface area contributed by atoms with Crippen LogP contribution in [0.1, 0.15) is 33.6 Å². The molecule has 0 bridgehead atoms. The molecule has 0 aromatic carbocycles. The van der Waals surface area contributed by atoms with Gasteiger partial charge in [-0.25, -0.2) is 4.98 Å². The van der Waals surface area contributed by atoms with E-state index in [-0.39, 0.29) is 0 Å². The Hall–Kier alpha value is -0.280. The number of hydrogen-bond donors (Lipinski definition) is 1. The number of aromatic nitrogens is 1. The second-order valence-electron chi connectivity index (χ2n) is 4.28. The molecule has 2 unspecified atom stereocenters. The Morgan fingerprint density at radius 2 is 2.19 bits per heavy atom. The Labute approximate surface area is 111 Å². The molecular formula is C12H18BrClN2. The lowest BCUT2D eigenvalue weighted by molar-refractivity contribution is 0.483. The van der Waals surface area contributed by atoms with Crippen molar-refractivity contribution in [2.45, 2.75) is 39.7 Å². The second kappa shape index (κ2) is 6.45. The minimum absolute atomic E-state index is 0.417. The van der Waals surface area contributed by atoms with Gasteiger partial charge in [0.05, 0.1) is 9.50 Å². The van der Waals surface area contributed by atoms with Crippen molar-refractivity contribution in [3.63, 3.8) is 0 Å². The zero-order valence-corrected chi connectivity index (χ0v) is 12.3. The Balaban J connectivity index is 2.59. The van der Waals surface area contributed by atoms with Crippen LogP contribution in [0.2, 0.25) is 5.02 Å². The van der Waals surface area contributed by atoms with E-state index < -0.39 is 0 Å². The van der Waals surface area contributed by atoms with Crippen LogP contribution in [0, 0.1) is 5.92 Å². The van der Waals surface area contributed by atoms with Gasteiger partial charge in [-0.3, -0.25) is 0 Å². The highest BCUT2D eigenvalue weighted by Crippen LogP contribution is 2.24. The minimum atomic E-state index is 0.417. The number of hydrogen-bond acceptors (Lipinski definition) is 2. The molecule has 1 rings (SSSR count). The fraction of sp³-hybridized carbons (Fsp3) is 0.583. The first kappa shape index (κ1) is 13.8. The van der Waals surface area contributed by atoms with Gasteiger partial charge in [-0.2, -0.15) is 0 Å². The molecule has 1 aromatic rings. The Morgan fingerprint density at radius 1 is 1.50 bits per heavy atom. The summed E-state index contributed by atoms with van der Waals surface area (Å²) in [5, 5.41) is 4.03. The predicted octanol–water partition coefficient (Wildman–Crippen LogP) is 4.73. The highest BCUT2D eigenvalue weighted by molar-refractivity contribution is 9.10. The summed E-state index contributed by atoms with van der Waals surface area (Å²) in [6.07, 6.45) is 4.01. The Bertz CT molecular complexity index is 344. The van der Waals surface area contributed by atoms with Crippen LogP contribution >= 0.6 is 27.5 Å². The summed E-state index contributed by atoms with van der Waals surface area (Å²) in [5.74, 6) is 1.59. The van der Waals surface area contributed by atoms with E-state index >= 15 is 0 Å². The fourth-order valence-electron chi connectivity index (χ4n) is 1.58. The molecule has 0 aliphatic carbocycles. The second-order valence-corrected chi connectivity index (χ2v) is 5.57. The number of pyridine rings is 1. The maximum atomic E-state index is 5.84. The van der Waals surface area contributed by atoms with Crippen LogP contribution < -0.4 is 5.32 Å². The van der Waals surface area contributed by atoms with E-state index in [9.17, 15) is 0 Å². The van der Waals surface area contributed by atoms with Crippen molar-refractivity contribution in [2.24, 2.45) is 5.92 Å². The molecule has 0 saturated carbocycles. The van der Waals surface area contributed by atoms with Crippen molar-refractivity contribution in [2.75, 3.05) is 5.32 Å². The summed E-state index contributed by atoms with van der Waals surface area (Å²) >= 11 is 9.29. The fourth-order valence-corrected chi connectivity index (χ4v) is 2.34. The van der Waals surface area contributed by atoms with Gasteiger partial charge < -0.3 is 5.32 Å². The molecule has 0 aliphatic rings. The first-order chi connectivity index (χ1) is 7.52. The van der Waals surface area contributed by atoms with E-state index in [0.717, 1.165) is 22.6 Å². The number of nitrogens with zero attached hydrogens (tertiary/aromatic N) is 1. The first-order valence-electron chi connectivity index (χ1n) is 5.60. The lowest BCUT2D eigenvalue weighted by Crippen LogP contribution is -2.19. The topological polar surface area (TPSA) is 24.9 Å². The lowest BCUT2D eigenvalue weighted by atomic mass is 10.0. The molecule has 1 N–H and O–H groups in total. The average molecular weight is 306 g/mol. The molecule has 1 aromatic heterocycles. The number of anilines is 1. The van der Waals surface area contributed by atoms with Crippen LogP contribution in [0.4, 0.5) is 5.82 Å². The van der Waals surface area contributed by atoms with Gasteiger partial charge in [0.2, 0.25) is 0 Å². The van der Waals surface area contributed by atoms with Gasteiger partial charge in [0, 0.05) is 12.2 Å². The van der Waals surface area contributed by atoms with Crippen LogP contribution in [0.15, 0.2) is 16.7 Å². The van der Waals surface area contributed by atoms with Gasteiger partial charge in [0.1, 0.15) is 5.82 Å². The molecule has 0 fully saturated rings. The van der Waals surface area contributed by atoms with Crippen molar-refractivity contribution < 1.29 is 0 Å². The minimum Gasteiger partial charge on any atom is -0.367 e. The molecule has 16 heavy (non-hydrogen) atoms. The zero-order valence-electron chi connectivity index (χ0n) is 9.93. The van der Waals surface area contributed by atoms with E-state index in [1.165, 1.54) is 6.42 Å². The maximum absolute atomic E-state index is 5.84. The summed E-state index contributed by atoms with van der Waals surface area (Å²) in [6.45, 7) is 6.66. The van der Waals surface area contributed by atoms with E-state index in [1.807, 2.05) is 6.07 Å². The molecule has 1 heterocycles. The Morgan fingerprint density at radius 3 is 2.75 bits per heavy atom. The van der Waals surface area contributed by atoms with Crippen LogP contribution in [0.25, 0.3) is 0 Å². The molecule has 2 nitrogen and oxygen atoms in total. The summed E-state index contributed by atoms with van der Waals surface area (Å²) in [6, 6.07) is 2.27. The molecule has 90 valence electrons. The van der Waals surface area contributed by atoms with Crippen molar-refractivity contribution >= 4 is 33.3 Å².